The summed E-state index contributed by atoms with van der Waals surface area (Å²) in [6.07, 6.45) is 0. The average molecular weight is 897 g/mol. The minimum atomic E-state index is 0.194. The Kier molecular flexibility index (Phi) is 14.3. The van der Waals surface area contributed by atoms with Gasteiger partial charge in [0.25, 0.3) is 0 Å². The zero-order valence-corrected chi connectivity index (χ0v) is 37.4. The summed E-state index contributed by atoms with van der Waals surface area (Å²) in [5.74, 6) is 0. The molecule has 9 aromatic rings. The van der Waals surface area contributed by atoms with Gasteiger partial charge in [0.1, 0.15) is 0 Å². The predicted molar refractivity (Wildman–Crippen MR) is 265 cm³/mol. The quantitative estimate of drug-likeness (QED) is 0.0995. The summed E-state index contributed by atoms with van der Waals surface area (Å²) >= 11 is 0.194. The SMILES string of the molecule is CC(=Nc1c(-c2ccccc2)cc(-c2ccccc2)cc1-c1ccccc1)c1cccc(C(C)=Nc2c(-c3ccccc3)cc(-c3ccccc3)cc2-c2ccccc2)n1.[Cl][Fe][Cl]. The van der Waals surface area contributed by atoms with Crippen LogP contribution < -0.4 is 0 Å². The van der Waals surface area contributed by atoms with Crippen LogP contribution in [0.3, 0.4) is 0 Å². The molecular weight excluding hydrogens is 853 g/mol. The van der Waals surface area contributed by atoms with Gasteiger partial charge in [0.05, 0.1) is 34.2 Å². The van der Waals surface area contributed by atoms with Gasteiger partial charge in [0.15, 0.2) is 0 Å². The zero-order chi connectivity index (χ0) is 43.4. The van der Waals surface area contributed by atoms with Crippen molar-refractivity contribution in [1.82, 2.24) is 4.98 Å². The molecule has 0 unspecified atom stereocenters. The molecule has 63 heavy (non-hydrogen) atoms. The second-order valence-electron chi connectivity index (χ2n) is 14.9. The Hall–Kier alpha value is -6.65. The monoisotopic (exact) mass is 895 g/mol. The Bertz CT molecular complexity index is 2660. The maximum absolute atomic E-state index is 5.46. The second-order valence-corrected chi connectivity index (χ2v) is 16.7. The van der Waals surface area contributed by atoms with E-state index >= 15 is 0 Å². The van der Waals surface area contributed by atoms with E-state index in [1.165, 1.54) is 0 Å². The van der Waals surface area contributed by atoms with Gasteiger partial charge in [-0.15, -0.1) is 0 Å². The predicted octanol–water partition coefficient (Wildman–Crippen LogP) is 16.7. The van der Waals surface area contributed by atoms with Crippen LogP contribution in [-0.2, 0) is 13.1 Å². The number of aliphatic imine (C=N–C) groups is 2. The Morgan fingerprint density at radius 3 is 0.825 bits per heavy atom. The van der Waals surface area contributed by atoms with E-state index in [0.717, 1.165) is 101 Å². The van der Waals surface area contributed by atoms with Crippen LogP contribution in [0.1, 0.15) is 25.2 Å². The molecule has 0 radical (unpaired) electrons. The number of benzene rings is 8. The summed E-state index contributed by atoms with van der Waals surface area (Å²) in [4.78, 5) is 16.2. The molecule has 0 aliphatic rings. The van der Waals surface area contributed by atoms with E-state index in [1.54, 1.807) is 0 Å². The zero-order valence-electron chi connectivity index (χ0n) is 34.8. The van der Waals surface area contributed by atoms with E-state index in [1.807, 2.05) is 12.1 Å². The standard InChI is InChI=1S/C57H43N3.2ClH.Fe/c1-40(58-56-50(44-26-13-5-14-27-44)36-48(42-22-9-3-10-23-42)37-51(56)45-28-15-6-16-29-45)54-34-21-35-55(60-54)41(2)59-57-52(46-30-17-7-18-31-46)38-49(43-24-11-4-12-25-43)39-53(57)47-32-19-8-20-33-47;;;/h3-39H,1-2H3;2*1H;/q;;;+2/p-2. The number of hydrogen-bond acceptors (Lipinski definition) is 3. The van der Waals surface area contributed by atoms with Crippen LogP contribution in [0, 0.1) is 0 Å². The van der Waals surface area contributed by atoms with E-state index in [-0.39, 0.29) is 13.1 Å². The van der Waals surface area contributed by atoms with Crippen LogP contribution in [0.15, 0.2) is 234 Å². The first-order valence-corrected chi connectivity index (χ1v) is 23.7. The van der Waals surface area contributed by atoms with Crippen molar-refractivity contribution in [3.63, 3.8) is 0 Å². The molecule has 1 aromatic heterocycles. The molecule has 0 spiro atoms. The third-order valence-electron chi connectivity index (χ3n) is 10.8. The summed E-state index contributed by atoms with van der Waals surface area (Å²) in [6, 6.07) is 78.5. The number of hydrogen-bond donors (Lipinski definition) is 0. The Morgan fingerprint density at radius 1 is 0.333 bits per heavy atom. The van der Waals surface area contributed by atoms with Gasteiger partial charge in [-0.3, -0.25) is 9.98 Å². The van der Waals surface area contributed by atoms with Crippen molar-refractivity contribution in [2.24, 2.45) is 9.98 Å². The Labute approximate surface area is 385 Å². The molecule has 0 saturated heterocycles. The fourth-order valence-electron chi connectivity index (χ4n) is 7.74. The molecule has 0 N–H and O–H groups in total. The van der Waals surface area contributed by atoms with Crippen LogP contribution in [0.5, 0.6) is 0 Å². The summed E-state index contributed by atoms with van der Waals surface area (Å²) in [5, 5.41) is 0. The molecule has 0 aliphatic heterocycles. The number of pyridine rings is 1. The molecule has 1 heterocycles. The molecule has 6 heteroatoms. The first kappa shape index (κ1) is 43.0. The number of rotatable bonds is 10. The van der Waals surface area contributed by atoms with Gasteiger partial charge in [0, 0.05) is 22.3 Å². The molecule has 0 saturated carbocycles. The van der Waals surface area contributed by atoms with Gasteiger partial charge < -0.3 is 0 Å². The number of halogens is 2. The summed E-state index contributed by atoms with van der Waals surface area (Å²) in [5.41, 5.74) is 18.3. The van der Waals surface area contributed by atoms with Crippen molar-refractivity contribution >= 4 is 43.0 Å². The number of nitrogens with zero attached hydrogens (tertiary/aromatic N) is 3. The van der Waals surface area contributed by atoms with E-state index in [2.05, 4.69) is 226 Å². The third-order valence-corrected chi connectivity index (χ3v) is 10.8. The van der Waals surface area contributed by atoms with Gasteiger partial charge >= 0.3 is 33.3 Å². The summed E-state index contributed by atoms with van der Waals surface area (Å²) in [7, 11) is 9.53. The van der Waals surface area contributed by atoms with Crippen molar-refractivity contribution in [2.45, 2.75) is 13.8 Å². The van der Waals surface area contributed by atoms with Crippen molar-refractivity contribution in [1.29, 1.82) is 0 Å². The first-order valence-electron chi connectivity index (χ1n) is 20.6. The average Bonchev–Trinajstić information content (AvgIpc) is 3.36. The van der Waals surface area contributed by atoms with Crippen LogP contribution in [0.4, 0.5) is 11.4 Å². The van der Waals surface area contributed by atoms with Crippen LogP contribution >= 0.6 is 20.2 Å². The second kappa shape index (κ2) is 20.9. The van der Waals surface area contributed by atoms with E-state index in [4.69, 9.17) is 35.2 Å². The fraction of sp³-hybridized carbons (Fsp3) is 0.0351. The fourth-order valence-corrected chi connectivity index (χ4v) is 7.74. The summed E-state index contributed by atoms with van der Waals surface area (Å²) in [6.45, 7) is 4.10. The van der Waals surface area contributed by atoms with Gasteiger partial charge in [-0.25, -0.2) is 4.98 Å². The molecule has 0 aliphatic carbocycles. The number of aromatic nitrogens is 1. The van der Waals surface area contributed by atoms with Gasteiger partial charge in [0.2, 0.25) is 0 Å². The third kappa shape index (κ3) is 10.4. The van der Waals surface area contributed by atoms with Gasteiger partial charge in [-0.2, -0.15) is 0 Å². The molecule has 8 aromatic carbocycles. The van der Waals surface area contributed by atoms with E-state index in [0.29, 0.717) is 0 Å². The van der Waals surface area contributed by atoms with Crippen molar-refractivity contribution in [3.05, 3.63) is 236 Å². The van der Waals surface area contributed by atoms with Crippen molar-refractivity contribution in [3.8, 4) is 66.8 Å². The van der Waals surface area contributed by atoms with E-state index in [9.17, 15) is 0 Å². The molecule has 9 rings (SSSR count). The molecule has 0 atom stereocenters. The van der Waals surface area contributed by atoms with Gasteiger partial charge in [-0.05, 0) is 94.8 Å². The van der Waals surface area contributed by atoms with Crippen molar-refractivity contribution in [2.75, 3.05) is 0 Å². The van der Waals surface area contributed by atoms with Crippen LogP contribution in [-0.4, -0.2) is 16.4 Å². The maximum atomic E-state index is 5.46. The van der Waals surface area contributed by atoms with Crippen LogP contribution in [0.25, 0.3) is 66.8 Å². The molecule has 3 nitrogen and oxygen atoms in total. The molecule has 0 amide bonds. The molecular formula is C57H43Cl2FeN3. The summed E-state index contributed by atoms with van der Waals surface area (Å²) < 4.78 is 0. The molecule has 308 valence electrons. The Morgan fingerprint density at radius 2 is 0.571 bits per heavy atom. The van der Waals surface area contributed by atoms with Crippen molar-refractivity contribution < 1.29 is 13.1 Å². The molecule has 0 fully saturated rings. The minimum absolute atomic E-state index is 0.194. The van der Waals surface area contributed by atoms with Gasteiger partial charge in [-0.1, -0.05) is 188 Å². The van der Waals surface area contributed by atoms with Crippen LogP contribution in [0.2, 0.25) is 0 Å². The Balaban J connectivity index is 0.00000177. The first-order chi connectivity index (χ1) is 31.0. The normalized spacial score (nSPS) is 11.5. The topological polar surface area (TPSA) is 37.6 Å². The molecule has 0 bridgehead atoms. The van der Waals surface area contributed by atoms with E-state index < -0.39 is 0 Å².